The zero-order chi connectivity index (χ0) is 14.0. The molecule has 108 valence electrons. The lowest BCUT2D eigenvalue weighted by Gasteiger charge is -2.24. The highest BCUT2D eigenvalue weighted by Crippen LogP contribution is 2.18. The monoisotopic (exact) mass is 258 g/mol. The Kier molecular flexibility index (Phi) is 9.02. The summed E-state index contributed by atoms with van der Waals surface area (Å²) in [6.07, 6.45) is 4.28. The molecule has 1 atom stereocenters. The molecule has 0 radical (unpaired) electrons. The summed E-state index contributed by atoms with van der Waals surface area (Å²) in [5.41, 5.74) is 5.50. The summed E-state index contributed by atoms with van der Waals surface area (Å²) in [5.74, 6) is 0.669. The predicted octanol–water partition coefficient (Wildman–Crippen LogP) is 1.67. The number of rotatable bonds is 10. The third-order valence-corrected chi connectivity index (χ3v) is 3.48. The Hall–Kier alpha value is -0.610. The van der Waals surface area contributed by atoms with Crippen molar-refractivity contribution in [3.05, 3.63) is 0 Å². The van der Waals surface area contributed by atoms with Crippen molar-refractivity contribution in [1.29, 1.82) is 0 Å². The fraction of sp³-hybridized carbons (Fsp3) is 0.929. The SMILES string of the molecule is CCC(CCN)CCC(=O)NCC(C)(C)CCO. The van der Waals surface area contributed by atoms with E-state index in [1.54, 1.807) is 0 Å². The first kappa shape index (κ1) is 17.4. The van der Waals surface area contributed by atoms with Crippen molar-refractivity contribution in [2.24, 2.45) is 17.1 Å². The fourth-order valence-corrected chi connectivity index (χ4v) is 1.94. The molecule has 0 aromatic rings. The number of hydrogen-bond donors (Lipinski definition) is 3. The maximum atomic E-state index is 11.7. The number of nitrogens with two attached hydrogens (primary N) is 1. The minimum Gasteiger partial charge on any atom is -0.396 e. The van der Waals surface area contributed by atoms with E-state index < -0.39 is 0 Å². The second-order valence-electron chi connectivity index (χ2n) is 5.80. The zero-order valence-electron chi connectivity index (χ0n) is 12.2. The topological polar surface area (TPSA) is 75.4 Å². The van der Waals surface area contributed by atoms with E-state index in [-0.39, 0.29) is 17.9 Å². The number of aliphatic hydroxyl groups is 1. The number of hydrogen-bond acceptors (Lipinski definition) is 3. The van der Waals surface area contributed by atoms with Gasteiger partial charge in [0.1, 0.15) is 0 Å². The van der Waals surface area contributed by atoms with Crippen molar-refractivity contribution < 1.29 is 9.90 Å². The Morgan fingerprint density at radius 3 is 2.56 bits per heavy atom. The normalized spacial score (nSPS) is 13.4. The van der Waals surface area contributed by atoms with Crippen LogP contribution in [-0.4, -0.2) is 30.7 Å². The average molecular weight is 258 g/mol. The van der Waals surface area contributed by atoms with Crippen LogP contribution in [0.5, 0.6) is 0 Å². The van der Waals surface area contributed by atoms with E-state index in [9.17, 15) is 4.79 Å². The highest BCUT2D eigenvalue weighted by atomic mass is 16.3. The zero-order valence-corrected chi connectivity index (χ0v) is 12.2. The van der Waals surface area contributed by atoms with Gasteiger partial charge >= 0.3 is 0 Å². The summed E-state index contributed by atoms with van der Waals surface area (Å²) in [6.45, 7) is 7.73. The fourth-order valence-electron chi connectivity index (χ4n) is 1.94. The molecule has 18 heavy (non-hydrogen) atoms. The van der Waals surface area contributed by atoms with Crippen molar-refractivity contribution in [2.75, 3.05) is 19.7 Å². The third-order valence-electron chi connectivity index (χ3n) is 3.48. The third kappa shape index (κ3) is 8.48. The van der Waals surface area contributed by atoms with Gasteiger partial charge in [0, 0.05) is 19.6 Å². The number of amides is 1. The summed E-state index contributed by atoms with van der Waals surface area (Å²) in [4.78, 5) is 11.7. The quantitative estimate of drug-likeness (QED) is 0.558. The second kappa shape index (κ2) is 9.34. The van der Waals surface area contributed by atoms with Crippen LogP contribution in [0.4, 0.5) is 0 Å². The van der Waals surface area contributed by atoms with Gasteiger partial charge in [-0.1, -0.05) is 27.2 Å². The van der Waals surface area contributed by atoms with E-state index >= 15 is 0 Å². The molecule has 0 aromatic carbocycles. The van der Waals surface area contributed by atoms with Gasteiger partial charge in [-0.05, 0) is 37.1 Å². The Balaban J connectivity index is 3.83. The Morgan fingerprint density at radius 2 is 2.06 bits per heavy atom. The maximum Gasteiger partial charge on any atom is 0.220 e. The average Bonchev–Trinajstić information content (AvgIpc) is 2.32. The minimum atomic E-state index is -0.0359. The number of nitrogens with one attached hydrogen (secondary N) is 1. The first-order valence-electron chi connectivity index (χ1n) is 7.02. The largest absolute Gasteiger partial charge is 0.396 e. The van der Waals surface area contributed by atoms with E-state index in [0.717, 1.165) is 19.3 Å². The Labute approximate surface area is 111 Å². The second-order valence-corrected chi connectivity index (χ2v) is 5.80. The first-order valence-corrected chi connectivity index (χ1v) is 7.02. The van der Waals surface area contributed by atoms with E-state index in [1.165, 1.54) is 0 Å². The highest BCUT2D eigenvalue weighted by molar-refractivity contribution is 5.75. The molecule has 0 heterocycles. The van der Waals surface area contributed by atoms with Gasteiger partial charge in [-0.2, -0.15) is 0 Å². The van der Waals surface area contributed by atoms with Crippen molar-refractivity contribution in [2.45, 2.75) is 52.9 Å². The van der Waals surface area contributed by atoms with Crippen molar-refractivity contribution >= 4 is 5.91 Å². The lowest BCUT2D eigenvalue weighted by atomic mass is 9.89. The molecule has 0 spiro atoms. The molecule has 4 nitrogen and oxygen atoms in total. The van der Waals surface area contributed by atoms with Crippen molar-refractivity contribution in [1.82, 2.24) is 5.32 Å². The van der Waals surface area contributed by atoms with Crippen LogP contribution in [0.15, 0.2) is 0 Å². The molecule has 0 aliphatic carbocycles. The molecule has 0 aliphatic rings. The van der Waals surface area contributed by atoms with E-state index in [0.29, 0.717) is 31.8 Å². The van der Waals surface area contributed by atoms with Crippen molar-refractivity contribution in [3.8, 4) is 0 Å². The molecule has 1 amide bonds. The standard InChI is InChI=1S/C14H30N2O2/c1-4-12(7-9-15)5-6-13(18)16-11-14(2,3)8-10-17/h12,17H,4-11,15H2,1-3H3,(H,16,18). The molecule has 4 N–H and O–H groups in total. The molecule has 0 aliphatic heterocycles. The number of carbonyl (C=O) groups is 1. The lowest BCUT2D eigenvalue weighted by Crippen LogP contribution is -2.34. The molecule has 0 saturated carbocycles. The molecule has 0 fully saturated rings. The van der Waals surface area contributed by atoms with Gasteiger partial charge in [-0.25, -0.2) is 0 Å². The minimum absolute atomic E-state index is 0.0359. The van der Waals surface area contributed by atoms with Crippen LogP contribution >= 0.6 is 0 Å². The van der Waals surface area contributed by atoms with Crippen LogP contribution in [0.1, 0.15) is 52.9 Å². The Morgan fingerprint density at radius 1 is 1.39 bits per heavy atom. The van der Waals surface area contributed by atoms with Crippen LogP contribution in [0.3, 0.4) is 0 Å². The molecule has 0 saturated heterocycles. The molecule has 1 unspecified atom stereocenters. The van der Waals surface area contributed by atoms with Crippen LogP contribution in [0, 0.1) is 11.3 Å². The molecule has 0 rings (SSSR count). The summed E-state index contributed by atoms with van der Waals surface area (Å²) in [5, 5.41) is 11.9. The van der Waals surface area contributed by atoms with Gasteiger partial charge < -0.3 is 16.2 Å². The van der Waals surface area contributed by atoms with Gasteiger partial charge in [-0.15, -0.1) is 0 Å². The first-order chi connectivity index (χ1) is 8.45. The predicted molar refractivity (Wildman–Crippen MR) is 75.2 cm³/mol. The number of aliphatic hydroxyl groups excluding tert-OH is 1. The van der Waals surface area contributed by atoms with Crippen LogP contribution in [-0.2, 0) is 4.79 Å². The van der Waals surface area contributed by atoms with Crippen LogP contribution in [0.2, 0.25) is 0 Å². The lowest BCUT2D eigenvalue weighted by molar-refractivity contribution is -0.121. The molecular weight excluding hydrogens is 228 g/mol. The van der Waals surface area contributed by atoms with E-state index in [2.05, 4.69) is 12.2 Å². The molecular formula is C14H30N2O2. The van der Waals surface area contributed by atoms with Crippen LogP contribution < -0.4 is 11.1 Å². The van der Waals surface area contributed by atoms with E-state index in [4.69, 9.17) is 10.8 Å². The summed E-state index contributed by atoms with van der Waals surface area (Å²) in [6, 6.07) is 0. The van der Waals surface area contributed by atoms with Gasteiger partial charge in [0.15, 0.2) is 0 Å². The van der Waals surface area contributed by atoms with E-state index in [1.807, 2.05) is 13.8 Å². The molecule has 0 bridgehead atoms. The highest BCUT2D eigenvalue weighted by Gasteiger charge is 2.18. The van der Waals surface area contributed by atoms with Crippen molar-refractivity contribution in [3.63, 3.8) is 0 Å². The number of carbonyl (C=O) groups excluding carboxylic acids is 1. The smallest absolute Gasteiger partial charge is 0.220 e. The Bertz CT molecular complexity index is 230. The maximum absolute atomic E-state index is 11.7. The van der Waals surface area contributed by atoms with Gasteiger partial charge in [0.05, 0.1) is 0 Å². The van der Waals surface area contributed by atoms with Crippen LogP contribution in [0.25, 0.3) is 0 Å². The summed E-state index contributed by atoms with van der Waals surface area (Å²) >= 11 is 0. The van der Waals surface area contributed by atoms with Gasteiger partial charge in [-0.3, -0.25) is 4.79 Å². The summed E-state index contributed by atoms with van der Waals surface area (Å²) < 4.78 is 0. The molecule has 4 heteroatoms. The molecule has 0 aromatic heterocycles. The summed E-state index contributed by atoms with van der Waals surface area (Å²) in [7, 11) is 0. The van der Waals surface area contributed by atoms with Gasteiger partial charge in [0.25, 0.3) is 0 Å². The van der Waals surface area contributed by atoms with Gasteiger partial charge in [0.2, 0.25) is 5.91 Å².